The van der Waals surface area contributed by atoms with Crippen molar-refractivity contribution in [1.29, 1.82) is 5.26 Å². The molecule has 0 spiro atoms. The lowest BCUT2D eigenvalue weighted by Gasteiger charge is -2.07. The highest BCUT2D eigenvalue weighted by Crippen LogP contribution is 2.23. The first-order valence-electron chi connectivity index (χ1n) is 7.08. The van der Waals surface area contributed by atoms with Crippen molar-refractivity contribution in [3.63, 3.8) is 0 Å². The Hall–Kier alpha value is -2.29. The third-order valence-corrected chi connectivity index (χ3v) is 4.42. The molecule has 0 fully saturated rings. The fourth-order valence-corrected chi connectivity index (χ4v) is 2.85. The standard InChI is InChI=1S/C19H12BrIN2O2/c1-2-9-25-18-8-3-13(11-17(18)21)10-14(12-22)19(24)23-16-6-4-15(20)5-7-16/h1,3-8,10-11H,9H2,(H,23,24)/b14-10-. The Balaban J connectivity index is 2.17. The summed E-state index contributed by atoms with van der Waals surface area (Å²) in [5.41, 5.74) is 1.35. The molecule has 0 aliphatic carbocycles. The van der Waals surface area contributed by atoms with Crippen LogP contribution in [0.1, 0.15) is 5.56 Å². The number of carbonyl (C=O) groups excluding carboxylic acids is 1. The van der Waals surface area contributed by atoms with Crippen LogP contribution in [-0.2, 0) is 4.79 Å². The van der Waals surface area contributed by atoms with Gasteiger partial charge in [-0.2, -0.15) is 5.26 Å². The highest BCUT2D eigenvalue weighted by molar-refractivity contribution is 14.1. The molecule has 124 valence electrons. The Morgan fingerprint density at radius 1 is 1.32 bits per heavy atom. The summed E-state index contributed by atoms with van der Waals surface area (Å²) in [5, 5.41) is 12.0. The molecular formula is C19H12BrIN2O2. The van der Waals surface area contributed by atoms with E-state index >= 15 is 0 Å². The molecule has 0 radical (unpaired) electrons. The van der Waals surface area contributed by atoms with Crippen LogP contribution in [0.4, 0.5) is 5.69 Å². The average molecular weight is 507 g/mol. The second-order valence-corrected chi connectivity index (χ2v) is 6.89. The summed E-state index contributed by atoms with van der Waals surface area (Å²) < 4.78 is 7.14. The molecule has 0 saturated carbocycles. The number of benzene rings is 2. The topological polar surface area (TPSA) is 62.1 Å². The van der Waals surface area contributed by atoms with E-state index in [4.69, 9.17) is 11.2 Å². The number of hydrogen-bond donors (Lipinski definition) is 1. The van der Waals surface area contributed by atoms with Gasteiger partial charge in [-0.25, -0.2) is 0 Å². The minimum atomic E-state index is -0.465. The monoisotopic (exact) mass is 506 g/mol. The predicted octanol–water partition coefficient (Wildman–Crippen LogP) is 4.61. The first-order valence-corrected chi connectivity index (χ1v) is 8.95. The maximum absolute atomic E-state index is 12.3. The Morgan fingerprint density at radius 3 is 2.64 bits per heavy atom. The van der Waals surface area contributed by atoms with Gasteiger partial charge < -0.3 is 10.1 Å². The third-order valence-electron chi connectivity index (χ3n) is 3.05. The lowest BCUT2D eigenvalue weighted by molar-refractivity contribution is -0.112. The second-order valence-electron chi connectivity index (χ2n) is 4.81. The molecular weight excluding hydrogens is 495 g/mol. The maximum Gasteiger partial charge on any atom is 0.266 e. The van der Waals surface area contributed by atoms with Crippen molar-refractivity contribution in [2.45, 2.75) is 0 Å². The Kier molecular flexibility index (Phi) is 7.05. The lowest BCUT2D eigenvalue weighted by Crippen LogP contribution is -2.13. The van der Waals surface area contributed by atoms with E-state index in [0.717, 1.165) is 13.6 Å². The molecule has 0 unspecified atom stereocenters. The van der Waals surface area contributed by atoms with E-state index in [1.54, 1.807) is 24.3 Å². The molecule has 0 heterocycles. The van der Waals surface area contributed by atoms with Crippen LogP contribution >= 0.6 is 38.5 Å². The summed E-state index contributed by atoms with van der Waals surface area (Å²) in [5.74, 6) is 2.60. The lowest BCUT2D eigenvalue weighted by atomic mass is 10.1. The molecule has 2 aromatic rings. The molecule has 2 aromatic carbocycles. The Labute approximate surface area is 168 Å². The summed E-state index contributed by atoms with van der Waals surface area (Å²) >= 11 is 5.44. The fourth-order valence-electron chi connectivity index (χ4n) is 1.89. The van der Waals surface area contributed by atoms with Crippen LogP contribution in [0, 0.1) is 27.2 Å². The van der Waals surface area contributed by atoms with Crippen molar-refractivity contribution in [3.8, 4) is 24.2 Å². The molecule has 2 rings (SSSR count). The van der Waals surface area contributed by atoms with E-state index in [1.165, 1.54) is 6.08 Å². The minimum absolute atomic E-state index is 0.0102. The van der Waals surface area contributed by atoms with Crippen LogP contribution in [0.2, 0.25) is 0 Å². The molecule has 0 saturated heterocycles. The van der Waals surface area contributed by atoms with Crippen LogP contribution in [0.25, 0.3) is 6.08 Å². The molecule has 0 aliphatic heterocycles. The van der Waals surface area contributed by atoms with Gasteiger partial charge in [0.1, 0.15) is 24.0 Å². The molecule has 6 heteroatoms. The van der Waals surface area contributed by atoms with E-state index in [9.17, 15) is 10.1 Å². The normalized spacial score (nSPS) is 10.5. The number of nitriles is 1. The van der Waals surface area contributed by atoms with Crippen LogP contribution in [0.3, 0.4) is 0 Å². The van der Waals surface area contributed by atoms with E-state index in [2.05, 4.69) is 49.8 Å². The summed E-state index contributed by atoms with van der Waals surface area (Å²) in [7, 11) is 0. The Morgan fingerprint density at radius 2 is 2.04 bits per heavy atom. The van der Waals surface area contributed by atoms with Crippen molar-refractivity contribution < 1.29 is 9.53 Å². The van der Waals surface area contributed by atoms with Gasteiger partial charge in [0.25, 0.3) is 5.91 Å². The quantitative estimate of drug-likeness (QED) is 0.279. The van der Waals surface area contributed by atoms with Crippen LogP contribution in [0.5, 0.6) is 5.75 Å². The van der Waals surface area contributed by atoms with Gasteiger partial charge in [-0.1, -0.05) is 27.9 Å². The van der Waals surface area contributed by atoms with Gasteiger partial charge in [0, 0.05) is 10.2 Å². The summed E-state index contributed by atoms with van der Waals surface area (Å²) in [4.78, 5) is 12.3. The van der Waals surface area contributed by atoms with Gasteiger partial charge in [-0.3, -0.25) is 4.79 Å². The minimum Gasteiger partial charge on any atom is -0.480 e. The molecule has 0 bridgehead atoms. The summed E-state index contributed by atoms with van der Waals surface area (Å²) in [6.07, 6.45) is 6.70. The molecule has 0 aromatic heterocycles. The highest BCUT2D eigenvalue weighted by atomic mass is 127. The molecule has 0 atom stereocenters. The number of terminal acetylenes is 1. The number of nitrogens with one attached hydrogen (secondary N) is 1. The number of rotatable bonds is 5. The summed E-state index contributed by atoms with van der Waals surface area (Å²) in [6, 6.07) is 14.4. The number of hydrogen-bond acceptors (Lipinski definition) is 3. The van der Waals surface area contributed by atoms with Gasteiger partial charge in [-0.05, 0) is 70.6 Å². The first-order chi connectivity index (χ1) is 12.0. The van der Waals surface area contributed by atoms with E-state index in [-0.39, 0.29) is 12.2 Å². The fraction of sp³-hybridized carbons (Fsp3) is 0.0526. The van der Waals surface area contributed by atoms with Crippen molar-refractivity contribution in [2.75, 3.05) is 11.9 Å². The zero-order valence-corrected chi connectivity index (χ0v) is 16.7. The molecule has 4 nitrogen and oxygen atoms in total. The van der Waals surface area contributed by atoms with Gasteiger partial charge >= 0.3 is 0 Å². The smallest absolute Gasteiger partial charge is 0.266 e. The van der Waals surface area contributed by atoms with Crippen LogP contribution in [0.15, 0.2) is 52.5 Å². The molecule has 1 N–H and O–H groups in total. The van der Waals surface area contributed by atoms with Crippen molar-refractivity contribution in [2.24, 2.45) is 0 Å². The van der Waals surface area contributed by atoms with Gasteiger partial charge in [0.15, 0.2) is 0 Å². The van der Waals surface area contributed by atoms with Gasteiger partial charge in [-0.15, -0.1) is 6.42 Å². The van der Waals surface area contributed by atoms with Gasteiger partial charge in [0.05, 0.1) is 3.57 Å². The summed E-state index contributed by atoms with van der Waals surface area (Å²) in [6.45, 7) is 0.185. The SMILES string of the molecule is C#CCOc1ccc(/C=C(/C#N)C(=O)Nc2ccc(Br)cc2)cc1I. The van der Waals surface area contributed by atoms with E-state index < -0.39 is 5.91 Å². The largest absolute Gasteiger partial charge is 0.480 e. The molecule has 0 aliphatic rings. The predicted molar refractivity (Wildman–Crippen MR) is 110 cm³/mol. The number of halogens is 2. The molecule has 1 amide bonds. The van der Waals surface area contributed by atoms with Gasteiger partial charge in [0.2, 0.25) is 0 Å². The third kappa shape index (κ3) is 5.63. The maximum atomic E-state index is 12.3. The zero-order valence-electron chi connectivity index (χ0n) is 12.9. The van der Waals surface area contributed by atoms with Crippen LogP contribution in [-0.4, -0.2) is 12.5 Å². The Bertz CT molecular complexity index is 893. The second kappa shape index (κ2) is 9.26. The number of nitrogens with zero attached hydrogens (tertiary/aromatic N) is 1. The average Bonchev–Trinajstić information content (AvgIpc) is 2.60. The highest BCUT2D eigenvalue weighted by Gasteiger charge is 2.10. The van der Waals surface area contributed by atoms with Crippen molar-refractivity contribution >= 4 is 56.2 Å². The first kappa shape index (κ1) is 19.0. The number of carbonyl (C=O) groups is 1. The van der Waals surface area contributed by atoms with E-state index in [0.29, 0.717) is 11.4 Å². The van der Waals surface area contributed by atoms with Crippen LogP contribution < -0.4 is 10.1 Å². The van der Waals surface area contributed by atoms with Crippen molar-refractivity contribution in [3.05, 3.63) is 61.6 Å². The van der Waals surface area contributed by atoms with Crippen molar-refractivity contribution in [1.82, 2.24) is 0 Å². The van der Waals surface area contributed by atoms with E-state index in [1.807, 2.05) is 24.3 Å². The number of anilines is 1. The molecule has 25 heavy (non-hydrogen) atoms. The zero-order chi connectivity index (χ0) is 18.2. The number of ether oxygens (including phenoxy) is 1. The number of amides is 1.